The van der Waals surface area contributed by atoms with Crippen LogP contribution in [0.5, 0.6) is 0 Å². The monoisotopic (exact) mass is 413 g/mol. The zero-order valence-corrected chi connectivity index (χ0v) is 17.3. The zero-order chi connectivity index (χ0) is 18.7. The van der Waals surface area contributed by atoms with Crippen LogP contribution in [-0.2, 0) is 14.8 Å². The molecule has 6 nitrogen and oxygen atoms in total. The third kappa shape index (κ3) is 4.89. The lowest BCUT2D eigenvalue weighted by molar-refractivity contribution is -0.129. The molecule has 2 aromatic rings. The Kier molecular flexibility index (Phi) is 6.09. The summed E-state index contributed by atoms with van der Waals surface area (Å²) in [6.07, 6.45) is 2.15. The fraction of sp³-hybridized carbons (Fsp3) is 0.529. The van der Waals surface area contributed by atoms with E-state index >= 15 is 0 Å². The van der Waals surface area contributed by atoms with Crippen LogP contribution in [0.3, 0.4) is 0 Å². The third-order valence-electron chi connectivity index (χ3n) is 4.48. The van der Waals surface area contributed by atoms with Gasteiger partial charge in [-0.25, -0.2) is 13.4 Å². The number of rotatable bonds is 6. The van der Waals surface area contributed by atoms with Crippen LogP contribution in [0.2, 0.25) is 0 Å². The largest absolute Gasteiger partial charge is 0.342 e. The highest BCUT2D eigenvalue weighted by molar-refractivity contribution is 8.01. The number of carbonyl (C=O) groups excluding carboxylic acids is 1. The number of piperidine rings is 1. The quantitative estimate of drug-likeness (QED) is 0.734. The number of thiazole rings is 1. The van der Waals surface area contributed by atoms with Crippen LogP contribution in [0.4, 0.5) is 5.69 Å². The minimum absolute atomic E-state index is 0.0339. The number of nitrogens with zero attached hydrogens (tertiary/aromatic N) is 2. The van der Waals surface area contributed by atoms with Gasteiger partial charge in [-0.3, -0.25) is 9.52 Å². The molecule has 1 N–H and O–H groups in total. The number of nitrogens with one attached hydrogen (secondary N) is 1. The first-order valence-electron chi connectivity index (χ1n) is 8.68. The number of hydrogen-bond donors (Lipinski definition) is 1. The van der Waals surface area contributed by atoms with Gasteiger partial charge in [-0.15, -0.1) is 11.3 Å². The van der Waals surface area contributed by atoms with Gasteiger partial charge in [0.05, 0.1) is 27.4 Å². The van der Waals surface area contributed by atoms with E-state index in [0.717, 1.165) is 40.5 Å². The molecular formula is C17H23N3O3S3. The molecule has 142 valence electrons. The predicted octanol–water partition coefficient (Wildman–Crippen LogP) is 3.41. The van der Waals surface area contributed by atoms with E-state index in [2.05, 4.69) is 16.6 Å². The van der Waals surface area contributed by atoms with Crippen molar-refractivity contribution in [3.63, 3.8) is 0 Å². The molecule has 1 amide bonds. The van der Waals surface area contributed by atoms with Crippen LogP contribution in [-0.4, -0.2) is 48.8 Å². The Bertz CT molecular complexity index is 887. The number of carbonyl (C=O) groups is 1. The number of amides is 1. The summed E-state index contributed by atoms with van der Waals surface area (Å²) in [6, 6.07) is 5.30. The van der Waals surface area contributed by atoms with Crippen LogP contribution in [0, 0.1) is 5.92 Å². The Morgan fingerprint density at radius 3 is 2.81 bits per heavy atom. The van der Waals surface area contributed by atoms with Gasteiger partial charge in [-0.1, -0.05) is 18.7 Å². The average Bonchev–Trinajstić information content (AvgIpc) is 3.02. The van der Waals surface area contributed by atoms with Gasteiger partial charge < -0.3 is 4.90 Å². The molecule has 26 heavy (non-hydrogen) atoms. The van der Waals surface area contributed by atoms with E-state index < -0.39 is 10.0 Å². The fourth-order valence-electron chi connectivity index (χ4n) is 2.75. The van der Waals surface area contributed by atoms with E-state index in [0.29, 0.717) is 17.4 Å². The molecule has 2 heterocycles. The first-order chi connectivity index (χ1) is 12.4. The van der Waals surface area contributed by atoms with Crippen LogP contribution in [0.25, 0.3) is 10.2 Å². The molecular weight excluding hydrogens is 390 g/mol. The smallest absolute Gasteiger partial charge is 0.233 e. The topological polar surface area (TPSA) is 79.4 Å². The highest BCUT2D eigenvalue weighted by Gasteiger charge is 2.20. The zero-order valence-electron chi connectivity index (χ0n) is 14.9. The van der Waals surface area contributed by atoms with Gasteiger partial charge >= 0.3 is 0 Å². The van der Waals surface area contributed by atoms with Crippen molar-refractivity contribution in [1.29, 1.82) is 0 Å². The maximum absolute atomic E-state index is 12.3. The van der Waals surface area contributed by atoms with Crippen molar-refractivity contribution in [2.45, 2.75) is 31.0 Å². The fourth-order valence-corrected chi connectivity index (χ4v) is 5.39. The summed E-state index contributed by atoms with van der Waals surface area (Å²) in [5, 5.41) is 0. The molecule has 0 saturated carbocycles. The molecule has 1 aliphatic rings. The molecule has 0 aliphatic carbocycles. The van der Waals surface area contributed by atoms with E-state index in [1.165, 1.54) is 23.1 Å². The van der Waals surface area contributed by atoms with Crippen molar-refractivity contribution in [1.82, 2.24) is 9.88 Å². The molecule has 0 atom stereocenters. The van der Waals surface area contributed by atoms with Crippen molar-refractivity contribution in [3.8, 4) is 0 Å². The second-order valence-electron chi connectivity index (χ2n) is 6.52. The van der Waals surface area contributed by atoms with Crippen molar-refractivity contribution < 1.29 is 13.2 Å². The van der Waals surface area contributed by atoms with Crippen LogP contribution in [0.1, 0.15) is 26.7 Å². The van der Waals surface area contributed by atoms with E-state index in [1.54, 1.807) is 25.1 Å². The average molecular weight is 414 g/mol. The lowest BCUT2D eigenvalue weighted by Crippen LogP contribution is -2.38. The second kappa shape index (κ2) is 8.14. The molecule has 0 bridgehead atoms. The van der Waals surface area contributed by atoms with Gasteiger partial charge in [0.2, 0.25) is 15.9 Å². The molecule has 1 aromatic carbocycles. The molecule has 0 radical (unpaired) electrons. The van der Waals surface area contributed by atoms with Crippen molar-refractivity contribution >= 4 is 54.9 Å². The highest BCUT2D eigenvalue weighted by Crippen LogP contribution is 2.32. The third-order valence-corrected chi connectivity index (χ3v) is 7.93. The minimum atomic E-state index is -3.29. The lowest BCUT2D eigenvalue weighted by Gasteiger charge is -2.30. The number of aromatic nitrogens is 1. The highest BCUT2D eigenvalue weighted by atomic mass is 32.2. The van der Waals surface area contributed by atoms with Gasteiger partial charge in [0, 0.05) is 13.1 Å². The van der Waals surface area contributed by atoms with Crippen LogP contribution < -0.4 is 4.72 Å². The van der Waals surface area contributed by atoms with Gasteiger partial charge in [0.25, 0.3) is 0 Å². The number of likely N-dealkylation sites (tertiary alicyclic amines) is 1. The predicted molar refractivity (Wildman–Crippen MR) is 108 cm³/mol. The molecule has 1 fully saturated rings. The Morgan fingerprint density at radius 1 is 1.38 bits per heavy atom. The summed E-state index contributed by atoms with van der Waals surface area (Å²) in [7, 11) is -3.29. The van der Waals surface area contributed by atoms with Crippen LogP contribution >= 0.6 is 23.1 Å². The Balaban J connectivity index is 1.63. The van der Waals surface area contributed by atoms with Crippen molar-refractivity contribution in [2.24, 2.45) is 5.92 Å². The molecule has 0 unspecified atom stereocenters. The summed E-state index contributed by atoms with van der Waals surface area (Å²) < 4.78 is 27.7. The number of hydrogen-bond acceptors (Lipinski definition) is 6. The Hall–Kier alpha value is -1.32. The van der Waals surface area contributed by atoms with Crippen LogP contribution in [0.15, 0.2) is 22.5 Å². The maximum atomic E-state index is 12.3. The van der Waals surface area contributed by atoms with Gasteiger partial charge in [0.15, 0.2) is 4.34 Å². The minimum Gasteiger partial charge on any atom is -0.342 e. The first kappa shape index (κ1) is 19.4. The first-order valence-corrected chi connectivity index (χ1v) is 12.1. The van der Waals surface area contributed by atoms with Crippen molar-refractivity contribution in [2.75, 3.05) is 29.3 Å². The Morgan fingerprint density at radius 2 is 2.12 bits per heavy atom. The number of thioether (sulfide) groups is 1. The van der Waals surface area contributed by atoms with E-state index in [9.17, 15) is 13.2 Å². The Labute approximate surface area is 162 Å². The summed E-state index contributed by atoms with van der Waals surface area (Å²) in [5.74, 6) is 1.29. The molecule has 9 heteroatoms. The summed E-state index contributed by atoms with van der Waals surface area (Å²) >= 11 is 2.93. The summed E-state index contributed by atoms with van der Waals surface area (Å²) in [5.41, 5.74) is 1.36. The normalized spacial score (nSPS) is 16.2. The SMILES string of the molecule is CCS(=O)(=O)Nc1ccc2nc(SCC(=O)N3CCC(C)CC3)sc2c1. The number of fused-ring (bicyclic) bond motifs is 1. The van der Waals surface area contributed by atoms with E-state index in [-0.39, 0.29) is 11.7 Å². The standard InChI is InChI=1S/C17H23N3O3S3/c1-3-26(22,23)19-13-4-5-14-15(10-13)25-17(18-14)24-11-16(21)20-8-6-12(2)7-9-20/h4-5,10,12,19H,3,6-9,11H2,1-2H3. The molecule has 1 aromatic heterocycles. The summed E-state index contributed by atoms with van der Waals surface area (Å²) in [4.78, 5) is 18.8. The molecule has 1 aliphatic heterocycles. The number of sulfonamides is 1. The second-order valence-corrected chi connectivity index (χ2v) is 10.8. The molecule has 3 rings (SSSR count). The molecule has 1 saturated heterocycles. The van der Waals surface area contributed by atoms with Gasteiger partial charge in [-0.05, 0) is 43.9 Å². The molecule has 0 spiro atoms. The lowest BCUT2D eigenvalue weighted by atomic mass is 9.99. The number of anilines is 1. The van der Waals surface area contributed by atoms with Gasteiger partial charge in [0.1, 0.15) is 0 Å². The van der Waals surface area contributed by atoms with E-state index in [4.69, 9.17) is 0 Å². The van der Waals surface area contributed by atoms with Crippen molar-refractivity contribution in [3.05, 3.63) is 18.2 Å². The van der Waals surface area contributed by atoms with Gasteiger partial charge in [-0.2, -0.15) is 0 Å². The number of benzene rings is 1. The maximum Gasteiger partial charge on any atom is 0.233 e. The summed E-state index contributed by atoms with van der Waals surface area (Å²) in [6.45, 7) is 5.53. The van der Waals surface area contributed by atoms with E-state index in [1.807, 2.05) is 4.90 Å².